The van der Waals surface area contributed by atoms with Crippen LogP contribution in [0.3, 0.4) is 0 Å². The second kappa shape index (κ2) is 13.1. The standard InChI is InChI=1S/C32H16F12O2/c1-2-3-4-16-5-7-20(22(33)9-16)18-12-23(34)21(24(35)13-18)8-6-17-10-25(36)29(26(37)11-17)31(40,41)45-19-14-27(38)30(28(39)15-19)46-32(42,43)44/h2,5,7,9-15H,1,3-4H2. The summed E-state index contributed by atoms with van der Waals surface area (Å²) in [5.74, 6) is -11.1. The minimum Gasteiger partial charge on any atom is -0.429 e. The van der Waals surface area contributed by atoms with Crippen molar-refractivity contribution in [2.24, 2.45) is 0 Å². The molecule has 0 aliphatic rings. The molecule has 14 heteroatoms. The zero-order valence-corrected chi connectivity index (χ0v) is 22.7. The fraction of sp³-hybridized carbons (Fsp3) is 0.125. The Labute approximate surface area is 252 Å². The lowest BCUT2D eigenvalue weighted by atomic mass is 9.99. The smallest absolute Gasteiger partial charge is 0.429 e. The molecule has 46 heavy (non-hydrogen) atoms. The van der Waals surface area contributed by atoms with Gasteiger partial charge in [0.05, 0.1) is 5.56 Å². The molecule has 240 valence electrons. The van der Waals surface area contributed by atoms with Crippen LogP contribution in [0.5, 0.6) is 11.5 Å². The Hall–Kier alpha value is -5.06. The van der Waals surface area contributed by atoms with Crippen LogP contribution in [0.25, 0.3) is 11.1 Å². The summed E-state index contributed by atoms with van der Waals surface area (Å²) in [7, 11) is 0. The highest BCUT2D eigenvalue weighted by Gasteiger charge is 2.42. The number of aryl methyl sites for hydroxylation is 1. The van der Waals surface area contributed by atoms with E-state index in [0.717, 1.165) is 12.1 Å². The molecule has 0 saturated heterocycles. The number of hydrogen-bond acceptors (Lipinski definition) is 2. The number of rotatable bonds is 8. The molecule has 0 radical (unpaired) electrons. The van der Waals surface area contributed by atoms with Crippen molar-refractivity contribution in [1.82, 2.24) is 0 Å². The van der Waals surface area contributed by atoms with E-state index < -0.39 is 81.4 Å². The Kier molecular flexibility index (Phi) is 9.65. The van der Waals surface area contributed by atoms with Crippen LogP contribution in [0.2, 0.25) is 0 Å². The van der Waals surface area contributed by atoms with Gasteiger partial charge < -0.3 is 9.47 Å². The maximum atomic E-state index is 14.8. The number of halogens is 12. The third-order valence-electron chi connectivity index (χ3n) is 6.12. The molecule has 4 aromatic carbocycles. The lowest BCUT2D eigenvalue weighted by molar-refractivity contribution is -0.276. The van der Waals surface area contributed by atoms with Crippen molar-refractivity contribution in [3.63, 3.8) is 0 Å². The van der Waals surface area contributed by atoms with E-state index in [4.69, 9.17) is 0 Å². The first-order valence-corrected chi connectivity index (χ1v) is 12.7. The molecule has 0 atom stereocenters. The van der Waals surface area contributed by atoms with E-state index in [9.17, 15) is 52.7 Å². The molecule has 0 amide bonds. The van der Waals surface area contributed by atoms with Gasteiger partial charge in [0.2, 0.25) is 5.75 Å². The average molecular weight is 660 g/mol. The van der Waals surface area contributed by atoms with Gasteiger partial charge in [0, 0.05) is 23.3 Å². The number of alkyl halides is 5. The number of hydrogen-bond donors (Lipinski definition) is 0. The third kappa shape index (κ3) is 7.77. The van der Waals surface area contributed by atoms with Crippen molar-refractivity contribution in [2.75, 3.05) is 0 Å². The molecule has 0 fully saturated rings. The van der Waals surface area contributed by atoms with Crippen molar-refractivity contribution in [1.29, 1.82) is 0 Å². The van der Waals surface area contributed by atoms with Crippen LogP contribution in [-0.2, 0) is 12.5 Å². The molecule has 0 aliphatic carbocycles. The molecule has 0 heterocycles. The number of ether oxygens (including phenoxy) is 2. The maximum Gasteiger partial charge on any atom is 0.573 e. The summed E-state index contributed by atoms with van der Waals surface area (Å²) >= 11 is 0. The van der Waals surface area contributed by atoms with Gasteiger partial charge in [-0.3, -0.25) is 0 Å². The van der Waals surface area contributed by atoms with Crippen molar-refractivity contribution in [3.8, 4) is 34.5 Å². The molecule has 2 nitrogen and oxygen atoms in total. The summed E-state index contributed by atoms with van der Waals surface area (Å²) in [5.41, 5.74) is -3.36. The van der Waals surface area contributed by atoms with Gasteiger partial charge in [-0.15, -0.1) is 19.8 Å². The van der Waals surface area contributed by atoms with E-state index in [0.29, 0.717) is 18.4 Å². The Balaban J connectivity index is 1.59. The van der Waals surface area contributed by atoms with E-state index in [1.807, 2.05) is 11.8 Å². The summed E-state index contributed by atoms with van der Waals surface area (Å²) in [5, 5.41) is 0. The molecule has 0 saturated carbocycles. The van der Waals surface area contributed by atoms with Gasteiger partial charge in [-0.1, -0.05) is 30.0 Å². The average Bonchev–Trinajstić information content (AvgIpc) is 2.92. The predicted octanol–water partition coefficient (Wildman–Crippen LogP) is 9.87. The lowest BCUT2D eigenvalue weighted by Crippen LogP contribution is -2.25. The molecule has 4 aromatic rings. The van der Waals surface area contributed by atoms with Gasteiger partial charge in [-0.2, -0.15) is 8.78 Å². The summed E-state index contributed by atoms with van der Waals surface area (Å²) in [6.07, 6.45) is -7.83. The molecule has 0 bridgehead atoms. The summed E-state index contributed by atoms with van der Waals surface area (Å²) in [6.45, 7) is 3.57. The fourth-order valence-electron chi connectivity index (χ4n) is 4.13. The minimum absolute atomic E-state index is 0.126. The van der Waals surface area contributed by atoms with E-state index in [2.05, 4.69) is 16.1 Å². The summed E-state index contributed by atoms with van der Waals surface area (Å²) in [6, 6.07) is 5.80. The van der Waals surface area contributed by atoms with Gasteiger partial charge in [-0.05, 0) is 54.3 Å². The Morgan fingerprint density at radius 3 is 1.76 bits per heavy atom. The van der Waals surface area contributed by atoms with Crippen LogP contribution in [0.4, 0.5) is 52.7 Å². The highest BCUT2D eigenvalue weighted by atomic mass is 19.4. The van der Waals surface area contributed by atoms with Gasteiger partial charge in [0.25, 0.3) is 0 Å². The lowest BCUT2D eigenvalue weighted by Gasteiger charge is -2.20. The molecule has 0 N–H and O–H groups in total. The van der Waals surface area contributed by atoms with E-state index in [1.54, 1.807) is 12.1 Å². The monoisotopic (exact) mass is 660 g/mol. The fourth-order valence-corrected chi connectivity index (χ4v) is 4.13. The molecule has 0 unspecified atom stereocenters. The SMILES string of the molecule is C=CCCc1ccc(-c2cc(F)c(C#Cc3cc(F)c(C(F)(F)Oc4cc(F)c(OC(F)(F)F)c(F)c4)c(F)c3)c(F)c2)c(F)c1. The quantitative estimate of drug-likeness (QED) is 0.106. The first kappa shape index (κ1) is 33.8. The van der Waals surface area contributed by atoms with Gasteiger partial charge in [0.1, 0.15) is 40.4 Å². The number of benzene rings is 4. The first-order valence-electron chi connectivity index (χ1n) is 12.7. The second-order valence-corrected chi connectivity index (χ2v) is 9.40. The van der Waals surface area contributed by atoms with Crippen LogP contribution in [0.1, 0.15) is 28.7 Å². The topological polar surface area (TPSA) is 18.5 Å². The second-order valence-electron chi connectivity index (χ2n) is 9.40. The van der Waals surface area contributed by atoms with Crippen LogP contribution < -0.4 is 9.47 Å². The highest BCUT2D eigenvalue weighted by molar-refractivity contribution is 5.66. The van der Waals surface area contributed by atoms with Crippen molar-refractivity contribution in [3.05, 3.63) is 130 Å². The Bertz CT molecular complexity index is 1800. The molecule has 0 spiro atoms. The maximum absolute atomic E-state index is 14.8. The van der Waals surface area contributed by atoms with Crippen LogP contribution in [-0.4, -0.2) is 6.36 Å². The van der Waals surface area contributed by atoms with Crippen LogP contribution in [0.15, 0.2) is 67.3 Å². The molecule has 4 rings (SSSR count). The Morgan fingerprint density at radius 1 is 0.652 bits per heavy atom. The highest BCUT2D eigenvalue weighted by Crippen LogP contribution is 2.38. The van der Waals surface area contributed by atoms with E-state index >= 15 is 0 Å². The van der Waals surface area contributed by atoms with E-state index in [1.165, 1.54) is 12.1 Å². The third-order valence-corrected chi connectivity index (χ3v) is 6.12. The van der Waals surface area contributed by atoms with Crippen molar-refractivity contribution >= 4 is 0 Å². The van der Waals surface area contributed by atoms with Crippen molar-refractivity contribution < 1.29 is 62.2 Å². The molecular formula is C32H16F12O2. The Morgan fingerprint density at radius 2 is 1.24 bits per heavy atom. The van der Waals surface area contributed by atoms with Gasteiger partial charge in [0.15, 0.2) is 11.6 Å². The largest absolute Gasteiger partial charge is 0.573 e. The zero-order chi connectivity index (χ0) is 34.0. The molecule has 0 aromatic heterocycles. The van der Waals surface area contributed by atoms with Gasteiger partial charge in [-0.25, -0.2) is 30.7 Å². The zero-order valence-electron chi connectivity index (χ0n) is 22.7. The normalized spacial score (nSPS) is 11.6. The number of allylic oxidation sites excluding steroid dienone is 1. The molecular weight excluding hydrogens is 644 g/mol. The first-order chi connectivity index (χ1) is 21.5. The summed E-state index contributed by atoms with van der Waals surface area (Å²) < 4.78 is 174. The van der Waals surface area contributed by atoms with Crippen molar-refractivity contribution in [2.45, 2.75) is 25.3 Å². The van der Waals surface area contributed by atoms with Crippen LogP contribution >= 0.6 is 0 Å². The van der Waals surface area contributed by atoms with Gasteiger partial charge >= 0.3 is 12.5 Å². The summed E-state index contributed by atoms with van der Waals surface area (Å²) in [4.78, 5) is 0. The minimum atomic E-state index is -5.54. The molecule has 0 aliphatic heterocycles. The van der Waals surface area contributed by atoms with Crippen LogP contribution in [0, 0.1) is 52.6 Å². The van der Waals surface area contributed by atoms with E-state index in [-0.39, 0.29) is 35.4 Å². The predicted molar refractivity (Wildman–Crippen MR) is 140 cm³/mol.